The molecule has 0 atom stereocenters. The van der Waals surface area contributed by atoms with Crippen LogP contribution in [-0.2, 0) is 16.4 Å². The number of nitrogens with two attached hydrogens (primary N) is 1. The molecule has 6 nitrogen and oxygen atoms in total. The van der Waals surface area contributed by atoms with E-state index in [2.05, 4.69) is 10.0 Å². The van der Waals surface area contributed by atoms with E-state index in [0.717, 1.165) is 31.2 Å². The zero-order valence-corrected chi connectivity index (χ0v) is 14.6. The van der Waals surface area contributed by atoms with Gasteiger partial charge in [0.2, 0.25) is 0 Å². The summed E-state index contributed by atoms with van der Waals surface area (Å²) in [6.07, 6.45) is 5.81. The predicted octanol–water partition coefficient (Wildman–Crippen LogP) is 1.93. The number of rotatable bonds is 5. The van der Waals surface area contributed by atoms with E-state index in [1.165, 1.54) is 18.6 Å². The fourth-order valence-corrected chi connectivity index (χ4v) is 3.56. The molecule has 0 unspecified atom stereocenters. The molecule has 2 amide bonds. The lowest BCUT2D eigenvalue weighted by Crippen LogP contribution is -2.45. The minimum absolute atomic E-state index is 0. The highest BCUT2D eigenvalue weighted by Gasteiger charge is 2.20. The van der Waals surface area contributed by atoms with Crippen LogP contribution in [0, 0.1) is 0 Å². The third-order valence-corrected chi connectivity index (χ3v) is 5.18. The fourth-order valence-electron chi connectivity index (χ4n) is 2.64. The molecule has 1 fully saturated rings. The van der Waals surface area contributed by atoms with Crippen molar-refractivity contribution in [2.45, 2.75) is 49.5 Å². The van der Waals surface area contributed by atoms with Gasteiger partial charge in [-0.05, 0) is 43.5 Å². The number of urea groups is 1. The van der Waals surface area contributed by atoms with Crippen molar-refractivity contribution in [3.8, 4) is 0 Å². The molecule has 4 N–H and O–H groups in total. The van der Waals surface area contributed by atoms with E-state index in [1.54, 1.807) is 12.1 Å². The Morgan fingerprint density at radius 3 is 2.30 bits per heavy atom. The van der Waals surface area contributed by atoms with Gasteiger partial charge in [0.25, 0.3) is 10.0 Å². The van der Waals surface area contributed by atoms with Crippen LogP contribution < -0.4 is 15.8 Å². The average Bonchev–Trinajstić information content (AvgIpc) is 2.48. The smallest absolute Gasteiger partial charge is 0.328 e. The van der Waals surface area contributed by atoms with Crippen LogP contribution in [-0.4, -0.2) is 27.0 Å². The Kier molecular flexibility index (Phi) is 7.81. The summed E-state index contributed by atoms with van der Waals surface area (Å²) in [6, 6.07) is 5.80. The minimum Gasteiger partial charge on any atom is -0.335 e. The highest BCUT2D eigenvalue weighted by Crippen LogP contribution is 2.17. The molecule has 0 heterocycles. The fraction of sp³-hybridized carbons (Fsp3) is 0.533. The third-order valence-electron chi connectivity index (χ3n) is 3.83. The van der Waals surface area contributed by atoms with Crippen LogP contribution in [0.15, 0.2) is 29.2 Å². The Hall–Kier alpha value is -1.31. The number of sulfonamides is 1. The quantitative estimate of drug-likeness (QED) is 0.745. The maximum Gasteiger partial charge on any atom is 0.328 e. The van der Waals surface area contributed by atoms with Crippen molar-refractivity contribution in [1.82, 2.24) is 10.0 Å². The highest BCUT2D eigenvalue weighted by atomic mass is 35.5. The van der Waals surface area contributed by atoms with Crippen molar-refractivity contribution in [1.29, 1.82) is 0 Å². The van der Waals surface area contributed by atoms with Crippen molar-refractivity contribution in [2.75, 3.05) is 6.54 Å². The zero-order valence-electron chi connectivity index (χ0n) is 13.0. The molecule has 2 rings (SSSR count). The van der Waals surface area contributed by atoms with Crippen LogP contribution in [0.5, 0.6) is 0 Å². The van der Waals surface area contributed by atoms with Gasteiger partial charge in [-0.3, -0.25) is 0 Å². The zero-order chi connectivity index (χ0) is 16.0. The number of halogens is 1. The first-order valence-corrected chi connectivity index (χ1v) is 9.12. The second-order valence-corrected chi connectivity index (χ2v) is 7.28. The number of amides is 2. The summed E-state index contributed by atoms with van der Waals surface area (Å²) in [4.78, 5) is 11.9. The Labute approximate surface area is 143 Å². The van der Waals surface area contributed by atoms with Crippen molar-refractivity contribution < 1.29 is 13.2 Å². The van der Waals surface area contributed by atoms with Crippen LogP contribution in [0.2, 0.25) is 0 Å². The van der Waals surface area contributed by atoms with Crippen molar-refractivity contribution in [3.05, 3.63) is 29.8 Å². The van der Waals surface area contributed by atoms with E-state index in [-0.39, 0.29) is 23.3 Å². The average molecular weight is 362 g/mol. The van der Waals surface area contributed by atoms with Gasteiger partial charge in [-0.15, -0.1) is 12.4 Å². The van der Waals surface area contributed by atoms with Crippen molar-refractivity contribution in [2.24, 2.45) is 5.73 Å². The van der Waals surface area contributed by atoms with Crippen molar-refractivity contribution in [3.63, 3.8) is 0 Å². The number of hydrogen-bond acceptors (Lipinski definition) is 4. The molecular weight excluding hydrogens is 338 g/mol. The number of carbonyl (C=O) groups excluding carboxylic acids is 1. The molecule has 0 aromatic heterocycles. The summed E-state index contributed by atoms with van der Waals surface area (Å²) >= 11 is 0. The van der Waals surface area contributed by atoms with Crippen LogP contribution in [0.25, 0.3) is 0 Å². The first-order chi connectivity index (χ1) is 10.5. The Morgan fingerprint density at radius 1 is 1.13 bits per heavy atom. The SMILES string of the molecule is Cl.NCCc1ccc(S(=O)(=O)NC(=O)NC2CCCCC2)cc1. The van der Waals surface area contributed by atoms with Gasteiger partial charge in [0.15, 0.2) is 0 Å². The van der Waals surface area contributed by atoms with Gasteiger partial charge >= 0.3 is 6.03 Å². The van der Waals surface area contributed by atoms with Crippen LogP contribution >= 0.6 is 12.4 Å². The lowest BCUT2D eigenvalue weighted by molar-refractivity contribution is 0.237. The van der Waals surface area contributed by atoms with Gasteiger partial charge in [-0.1, -0.05) is 31.4 Å². The third kappa shape index (κ3) is 6.01. The number of hydrogen-bond donors (Lipinski definition) is 3. The van der Waals surface area contributed by atoms with Gasteiger partial charge in [0, 0.05) is 6.04 Å². The first kappa shape index (κ1) is 19.7. The summed E-state index contributed by atoms with van der Waals surface area (Å²) in [5, 5.41) is 2.73. The molecule has 0 spiro atoms. The van der Waals surface area contributed by atoms with Gasteiger partial charge in [0.05, 0.1) is 4.90 Å². The minimum atomic E-state index is -3.84. The van der Waals surface area contributed by atoms with Gasteiger partial charge in [-0.25, -0.2) is 17.9 Å². The Bertz CT molecular complexity index is 599. The first-order valence-electron chi connectivity index (χ1n) is 7.63. The Morgan fingerprint density at radius 2 is 1.74 bits per heavy atom. The molecule has 1 saturated carbocycles. The van der Waals surface area contributed by atoms with Crippen LogP contribution in [0.1, 0.15) is 37.7 Å². The van der Waals surface area contributed by atoms with Crippen LogP contribution in [0.4, 0.5) is 4.79 Å². The second kappa shape index (κ2) is 9.10. The predicted molar refractivity (Wildman–Crippen MR) is 92.2 cm³/mol. The standard InChI is InChI=1S/C15H23N3O3S.ClH/c16-11-10-12-6-8-14(9-7-12)22(20,21)18-15(19)17-13-4-2-1-3-5-13;/h6-9,13H,1-5,10-11,16H2,(H2,17,18,19);1H. The normalized spacial score (nSPS) is 15.5. The molecule has 8 heteroatoms. The van der Waals surface area contributed by atoms with E-state index < -0.39 is 16.1 Å². The molecule has 1 aromatic carbocycles. The molecular formula is C15H24ClN3O3S. The number of nitrogens with one attached hydrogen (secondary N) is 2. The molecule has 23 heavy (non-hydrogen) atoms. The van der Waals surface area contributed by atoms with E-state index >= 15 is 0 Å². The van der Waals surface area contributed by atoms with Crippen LogP contribution in [0.3, 0.4) is 0 Å². The topological polar surface area (TPSA) is 101 Å². The summed E-state index contributed by atoms with van der Waals surface area (Å²) in [6.45, 7) is 0.508. The maximum atomic E-state index is 12.2. The van der Waals surface area contributed by atoms with E-state index in [4.69, 9.17) is 5.73 Å². The lowest BCUT2D eigenvalue weighted by atomic mass is 9.96. The largest absolute Gasteiger partial charge is 0.335 e. The molecule has 0 saturated heterocycles. The van der Waals surface area contributed by atoms with E-state index in [0.29, 0.717) is 13.0 Å². The Balaban J connectivity index is 0.00000264. The molecule has 130 valence electrons. The van der Waals surface area contributed by atoms with Gasteiger partial charge in [-0.2, -0.15) is 0 Å². The van der Waals surface area contributed by atoms with Gasteiger partial charge < -0.3 is 11.1 Å². The lowest BCUT2D eigenvalue weighted by Gasteiger charge is -2.22. The molecule has 0 radical (unpaired) electrons. The van der Waals surface area contributed by atoms with E-state index in [1.807, 2.05) is 0 Å². The summed E-state index contributed by atoms with van der Waals surface area (Å²) in [7, 11) is -3.84. The second-order valence-electron chi connectivity index (χ2n) is 5.60. The molecule has 1 aliphatic carbocycles. The van der Waals surface area contributed by atoms with E-state index in [9.17, 15) is 13.2 Å². The molecule has 1 aliphatic rings. The molecule has 0 bridgehead atoms. The summed E-state index contributed by atoms with van der Waals surface area (Å²) in [5.41, 5.74) is 6.42. The highest BCUT2D eigenvalue weighted by molar-refractivity contribution is 7.90. The van der Waals surface area contributed by atoms with Gasteiger partial charge in [0.1, 0.15) is 0 Å². The summed E-state index contributed by atoms with van der Waals surface area (Å²) in [5.74, 6) is 0. The summed E-state index contributed by atoms with van der Waals surface area (Å²) < 4.78 is 26.4. The molecule has 0 aliphatic heterocycles. The maximum absolute atomic E-state index is 12.2. The molecule has 1 aromatic rings. The number of benzene rings is 1. The number of carbonyl (C=O) groups is 1. The monoisotopic (exact) mass is 361 g/mol. The van der Waals surface area contributed by atoms with Crippen molar-refractivity contribution >= 4 is 28.5 Å².